The Morgan fingerprint density at radius 1 is 1.13 bits per heavy atom. The Morgan fingerprint density at radius 3 is 2.48 bits per heavy atom. The van der Waals surface area contributed by atoms with E-state index in [-0.39, 0.29) is 6.42 Å². The predicted molar refractivity (Wildman–Crippen MR) is 86.6 cm³/mol. The normalized spacial score (nSPS) is 21.4. The molecule has 1 aliphatic carbocycles. The molecule has 0 saturated heterocycles. The average molecular weight is 317 g/mol. The van der Waals surface area contributed by atoms with Crippen molar-refractivity contribution in [2.75, 3.05) is 0 Å². The van der Waals surface area contributed by atoms with Gasteiger partial charge in [0.25, 0.3) is 0 Å². The molecular weight excluding hydrogens is 299 g/mol. The van der Waals surface area contributed by atoms with Crippen molar-refractivity contribution in [3.63, 3.8) is 0 Å². The van der Waals surface area contributed by atoms with Gasteiger partial charge >= 0.3 is 6.18 Å². The van der Waals surface area contributed by atoms with Crippen molar-refractivity contribution in [2.45, 2.75) is 38.9 Å². The highest BCUT2D eigenvalue weighted by Crippen LogP contribution is 2.38. The van der Waals surface area contributed by atoms with Crippen LogP contribution in [-0.4, -0.2) is 17.9 Å². The van der Waals surface area contributed by atoms with E-state index in [9.17, 15) is 13.2 Å². The Labute approximate surface area is 133 Å². The van der Waals surface area contributed by atoms with E-state index in [0.717, 1.165) is 16.7 Å². The van der Waals surface area contributed by atoms with Crippen molar-refractivity contribution in [3.05, 3.63) is 70.3 Å². The SMILES string of the molecule is CC1=CCC2N=C(C(F)(F)F)C(Cc3ccccc3)=C(C)C2=C1. The zero-order valence-electron chi connectivity index (χ0n) is 13.1. The lowest BCUT2D eigenvalue weighted by molar-refractivity contribution is -0.0588. The van der Waals surface area contributed by atoms with Gasteiger partial charge in [0, 0.05) is 0 Å². The van der Waals surface area contributed by atoms with Gasteiger partial charge in [-0.1, -0.05) is 48.1 Å². The third kappa shape index (κ3) is 3.16. The minimum absolute atomic E-state index is 0.248. The molecule has 1 unspecified atom stereocenters. The molecule has 0 aromatic heterocycles. The molecule has 3 rings (SSSR count). The van der Waals surface area contributed by atoms with E-state index in [0.29, 0.717) is 17.6 Å². The van der Waals surface area contributed by atoms with Gasteiger partial charge in [-0.15, -0.1) is 0 Å². The van der Waals surface area contributed by atoms with Crippen LogP contribution in [0.4, 0.5) is 13.2 Å². The lowest BCUT2D eigenvalue weighted by atomic mass is 9.82. The van der Waals surface area contributed by atoms with Gasteiger partial charge in [0.15, 0.2) is 0 Å². The molecule has 0 bridgehead atoms. The highest BCUT2D eigenvalue weighted by atomic mass is 19.4. The standard InChI is InChI=1S/C19H18F3N/c1-12-8-9-17-15(10-12)13(2)16(18(23-17)19(20,21)22)11-14-6-4-3-5-7-14/h3-8,10,17H,9,11H2,1-2H3. The second-order valence-electron chi connectivity index (χ2n) is 6.04. The summed E-state index contributed by atoms with van der Waals surface area (Å²) >= 11 is 0. The minimum Gasteiger partial charge on any atom is -0.272 e. The third-order valence-electron chi connectivity index (χ3n) is 4.35. The van der Waals surface area contributed by atoms with Crippen LogP contribution < -0.4 is 0 Å². The molecule has 1 aromatic carbocycles. The van der Waals surface area contributed by atoms with Gasteiger partial charge in [0.2, 0.25) is 0 Å². The van der Waals surface area contributed by atoms with E-state index >= 15 is 0 Å². The molecular formula is C19H18F3N. The lowest BCUT2D eigenvalue weighted by Crippen LogP contribution is -2.33. The summed E-state index contributed by atoms with van der Waals surface area (Å²) in [5.41, 5.74) is 3.16. The largest absolute Gasteiger partial charge is 0.433 e. The van der Waals surface area contributed by atoms with Gasteiger partial charge in [-0.05, 0) is 49.0 Å². The van der Waals surface area contributed by atoms with Crippen LogP contribution >= 0.6 is 0 Å². The summed E-state index contributed by atoms with van der Waals surface area (Å²) in [6.45, 7) is 3.76. The van der Waals surface area contributed by atoms with Crippen molar-refractivity contribution < 1.29 is 13.2 Å². The molecule has 1 aliphatic heterocycles. The second kappa shape index (κ2) is 5.84. The number of halogens is 3. The van der Waals surface area contributed by atoms with E-state index in [1.165, 1.54) is 0 Å². The van der Waals surface area contributed by atoms with Crippen LogP contribution in [0.1, 0.15) is 25.8 Å². The van der Waals surface area contributed by atoms with Crippen molar-refractivity contribution in [1.29, 1.82) is 0 Å². The summed E-state index contributed by atoms with van der Waals surface area (Å²) in [6, 6.07) is 8.83. The fraction of sp³-hybridized carbons (Fsp3) is 0.316. The number of fused-ring (bicyclic) bond motifs is 1. The molecule has 4 heteroatoms. The summed E-state index contributed by atoms with van der Waals surface area (Å²) in [7, 11) is 0. The maximum atomic E-state index is 13.5. The molecule has 0 spiro atoms. The topological polar surface area (TPSA) is 12.4 Å². The van der Waals surface area contributed by atoms with Gasteiger partial charge in [0.1, 0.15) is 5.71 Å². The number of alkyl halides is 3. The number of hydrogen-bond acceptors (Lipinski definition) is 1. The quantitative estimate of drug-likeness (QED) is 0.710. The fourth-order valence-corrected chi connectivity index (χ4v) is 3.15. The second-order valence-corrected chi connectivity index (χ2v) is 6.04. The van der Waals surface area contributed by atoms with E-state index in [4.69, 9.17) is 0 Å². The molecule has 0 N–H and O–H groups in total. The van der Waals surface area contributed by atoms with Gasteiger partial charge in [0.05, 0.1) is 6.04 Å². The van der Waals surface area contributed by atoms with Gasteiger partial charge < -0.3 is 0 Å². The van der Waals surface area contributed by atoms with E-state index < -0.39 is 17.9 Å². The first-order chi connectivity index (χ1) is 10.9. The summed E-state index contributed by atoms with van der Waals surface area (Å²) < 4.78 is 40.5. The Morgan fingerprint density at radius 2 is 1.83 bits per heavy atom. The summed E-state index contributed by atoms with van der Waals surface area (Å²) in [4.78, 5) is 4.06. The van der Waals surface area contributed by atoms with E-state index in [1.54, 1.807) is 6.92 Å². The van der Waals surface area contributed by atoms with Gasteiger partial charge in [-0.25, -0.2) is 0 Å². The molecule has 2 aliphatic rings. The zero-order chi connectivity index (χ0) is 16.6. The van der Waals surface area contributed by atoms with Crippen LogP contribution in [-0.2, 0) is 6.42 Å². The van der Waals surface area contributed by atoms with Crippen LogP contribution in [0.5, 0.6) is 0 Å². The minimum atomic E-state index is -4.42. The van der Waals surface area contributed by atoms with Crippen molar-refractivity contribution in [3.8, 4) is 0 Å². The van der Waals surface area contributed by atoms with Crippen molar-refractivity contribution in [1.82, 2.24) is 0 Å². The Kier molecular flexibility index (Phi) is 4.00. The van der Waals surface area contributed by atoms with E-state index in [1.807, 2.05) is 49.4 Å². The average Bonchev–Trinajstić information content (AvgIpc) is 2.50. The number of rotatable bonds is 2. The molecule has 120 valence electrons. The third-order valence-corrected chi connectivity index (χ3v) is 4.35. The molecule has 1 heterocycles. The molecule has 0 radical (unpaired) electrons. The highest BCUT2D eigenvalue weighted by Gasteiger charge is 2.42. The molecule has 0 saturated carbocycles. The van der Waals surface area contributed by atoms with Gasteiger partial charge in [-0.3, -0.25) is 4.99 Å². The number of nitrogens with zero attached hydrogens (tertiary/aromatic N) is 1. The van der Waals surface area contributed by atoms with E-state index in [2.05, 4.69) is 4.99 Å². The van der Waals surface area contributed by atoms with Crippen LogP contribution in [0, 0.1) is 0 Å². The first kappa shape index (κ1) is 15.8. The van der Waals surface area contributed by atoms with Crippen molar-refractivity contribution in [2.24, 2.45) is 4.99 Å². The first-order valence-electron chi connectivity index (χ1n) is 7.64. The molecule has 0 amide bonds. The number of aliphatic imine (C=N–C) groups is 1. The highest BCUT2D eigenvalue weighted by molar-refractivity contribution is 6.07. The van der Waals surface area contributed by atoms with Crippen LogP contribution in [0.2, 0.25) is 0 Å². The van der Waals surface area contributed by atoms with Gasteiger partial charge in [-0.2, -0.15) is 13.2 Å². The predicted octanol–water partition coefficient (Wildman–Crippen LogP) is 5.21. The molecule has 23 heavy (non-hydrogen) atoms. The molecule has 1 aromatic rings. The molecule has 1 nitrogen and oxygen atoms in total. The Balaban J connectivity index is 2.08. The van der Waals surface area contributed by atoms with Crippen LogP contribution in [0.25, 0.3) is 0 Å². The smallest absolute Gasteiger partial charge is 0.272 e. The molecule has 0 fully saturated rings. The number of allylic oxidation sites excluding steroid dienone is 3. The lowest BCUT2D eigenvalue weighted by Gasteiger charge is -2.30. The fourth-order valence-electron chi connectivity index (χ4n) is 3.15. The maximum absolute atomic E-state index is 13.5. The number of dihydropyridines is 1. The number of benzene rings is 1. The Hall–Kier alpha value is -2.10. The van der Waals surface area contributed by atoms with Crippen LogP contribution in [0.3, 0.4) is 0 Å². The summed E-state index contributed by atoms with van der Waals surface area (Å²) in [5.74, 6) is 0. The van der Waals surface area contributed by atoms with Crippen LogP contribution in [0.15, 0.2) is 69.8 Å². The number of hydrogen-bond donors (Lipinski definition) is 0. The first-order valence-corrected chi connectivity index (χ1v) is 7.64. The molecule has 1 atom stereocenters. The summed E-state index contributed by atoms with van der Waals surface area (Å²) in [6.07, 6.45) is 0.268. The van der Waals surface area contributed by atoms with Crippen molar-refractivity contribution >= 4 is 5.71 Å². The Bertz CT molecular complexity index is 734. The maximum Gasteiger partial charge on any atom is 0.433 e. The summed E-state index contributed by atoms with van der Waals surface area (Å²) in [5, 5.41) is 0. The monoisotopic (exact) mass is 317 g/mol. The zero-order valence-corrected chi connectivity index (χ0v) is 13.1.